The minimum Gasteiger partial charge on any atom is -0.488 e. The number of benzene rings is 5. The zero-order valence-electron chi connectivity index (χ0n) is 27.2. The molecule has 1 saturated heterocycles. The van der Waals surface area contributed by atoms with Gasteiger partial charge in [0, 0.05) is 41.2 Å². The fourth-order valence-corrected chi connectivity index (χ4v) is 7.70. The van der Waals surface area contributed by atoms with Crippen LogP contribution in [-0.2, 0) is 16.2 Å². The van der Waals surface area contributed by atoms with Crippen molar-refractivity contribution in [3.63, 3.8) is 0 Å². The van der Waals surface area contributed by atoms with Crippen molar-refractivity contribution in [1.29, 1.82) is 0 Å². The van der Waals surface area contributed by atoms with Gasteiger partial charge in [0.2, 0.25) is 0 Å². The Hall–Kier alpha value is -5.66. The average Bonchev–Trinajstić information content (AvgIpc) is 3.14. The first kappa shape index (κ1) is 31.6. The van der Waals surface area contributed by atoms with Crippen LogP contribution in [0, 0.1) is 0 Å². The highest BCUT2D eigenvalue weighted by Gasteiger charge is 2.40. The van der Waals surface area contributed by atoms with Crippen molar-refractivity contribution in [2.45, 2.75) is 31.3 Å². The highest BCUT2D eigenvalue weighted by atomic mass is 35.5. The van der Waals surface area contributed by atoms with E-state index in [1.165, 1.54) is 22.9 Å². The molecule has 50 heavy (non-hydrogen) atoms. The molecule has 3 aliphatic heterocycles. The molecule has 0 aliphatic carbocycles. The van der Waals surface area contributed by atoms with Gasteiger partial charge in [0.1, 0.15) is 17.9 Å². The summed E-state index contributed by atoms with van der Waals surface area (Å²) in [6.07, 6.45) is 3.26. The standard InChI is InChI=1S/C42H34ClN3O4/c43-31-16-17-38(50-26-27-10-4-1-5-11-27)30(22-31)23-37-40(47)44-42(49)46(41(37)48)32-24-35-33(28-12-6-2-7-13-28)18-20-45-21-19-34(36(25-32)39(35)45)29-14-8-3-9-15-29/h1-17,22-25,33-34H,18-21,26H2,(H,44,47,49)/b37-23+/t33-,34-/m0/s1. The Balaban J connectivity index is 1.23. The van der Waals surface area contributed by atoms with Gasteiger partial charge in [-0.1, -0.05) is 103 Å². The number of carbonyl (C=O) groups excluding carboxylic acids is 3. The van der Waals surface area contributed by atoms with E-state index in [0.29, 0.717) is 22.0 Å². The molecule has 0 spiro atoms. The maximum absolute atomic E-state index is 14.4. The summed E-state index contributed by atoms with van der Waals surface area (Å²) in [5, 5.41) is 2.84. The van der Waals surface area contributed by atoms with Crippen LogP contribution in [0.5, 0.6) is 5.75 Å². The molecule has 4 amide bonds. The van der Waals surface area contributed by atoms with Gasteiger partial charge in [-0.15, -0.1) is 0 Å². The maximum Gasteiger partial charge on any atom is 0.335 e. The van der Waals surface area contributed by atoms with Gasteiger partial charge in [-0.05, 0) is 77.1 Å². The number of halogens is 1. The van der Waals surface area contributed by atoms with Crippen LogP contribution < -0.4 is 19.9 Å². The van der Waals surface area contributed by atoms with E-state index in [2.05, 4.69) is 34.5 Å². The van der Waals surface area contributed by atoms with Crippen LogP contribution in [0.4, 0.5) is 16.2 Å². The Kier molecular flexibility index (Phi) is 8.43. The number of nitrogens with zero attached hydrogens (tertiary/aromatic N) is 2. The molecule has 1 fully saturated rings. The number of hydrogen-bond acceptors (Lipinski definition) is 5. The van der Waals surface area contributed by atoms with Crippen LogP contribution in [-0.4, -0.2) is 30.9 Å². The molecule has 1 N–H and O–H groups in total. The van der Waals surface area contributed by atoms with Gasteiger partial charge in [0.25, 0.3) is 11.8 Å². The molecule has 0 saturated carbocycles. The fourth-order valence-electron chi connectivity index (χ4n) is 7.51. The number of carbonyl (C=O) groups is 3. The fraction of sp³-hybridized carbons (Fsp3) is 0.167. The molecule has 8 rings (SSSR count). The van der Waals surface area contributed by atoms with Crippen molar-refractivity contribution >= 4 is 46.9 Å². The topological polar surface area (TPSA) is 79.0 Å². The predicted octanol–water partition coefficient (Wildman–Crippen LogP) is 8.46. The smallest absolute Gasteiger partial charge is 0.335 e. The predicted molar refractivity (Wildman–Crippen MR) is 196 cm³/mol. The monoisotopic (exact) mass is 679 g/mol. The molecule has 2 atom stereocenters. The third-order valence-electron chi connectivity index (χ3n) is 9.87. The van der Waals surface area contributed by atoms with Gasteiger partial charge >= 0.3 is 6.03 Å². The van der Waals surface area contributed by atoms with Crippen LogP contribution in [0.3, 0.4) is 0 Å². The molecule has 0 unspecified atom stereocenters. The minimum atomic E-state index is -0.785. The van der Waals surface area contributed by atoms with E-state index < -0.39 is 17.8 Å². The molecule has 0 aromatic heterocycles. The zero-order chi connectivity index (χ0) is 34.2. The molecular weight excluding hydrogens is 646 g/mol. The number of barbiturate groups is 1. The van der Waals surface area contributed by atoms with Gasteiger partial charge in [-0.2, -0.15) is 0 Å². The number of imide groups is 2. The highest BCUT2D eigenvalue weighted by Crippen LogP contribution is 2.50. The van der Waals surface area contributed by atoms with Crippen LogP contribution in [0.25, 0.3) is 6.08 Å². The first-order chi connectivity index (χ1) is 24.4. The molecule has 3 heterocycles. The largest absolute Gasteiger partial charge is 0.488 e. The molecule has 5 aromatic rings. The summed E-state index contributed by atoms with van der Waals surface area (Å²) in [5.41, 5.74) is 7.33. The lowest BCUT2D eigenvalue weighted by molar-refractivity contribution is -0.122. The van der Waals surface area contributed by atoms with E-state index >= 15 is 0 Å². The normalized spacial score (nSPS) is 19.3. The zero-order valence-corrected chi connectivity index (χ0v) is 28.0. The van der Waals surface area contributed by atoms with Crippen molar-refractivity contribution < 1.29 is 19.1 Å². The van der Waals surface area contributed by atoms with E-state index in [1.807, 2.05) is 78.9 Å². The summed E-state index contributed by atoms with van der Waals surface area (Å²) < 4.78 is 6.11. The third kappa shape index (κ3) is 5.94. The van der Waals surface area contributed by atoms with Gasteiger partial charge in [-0.3, -0.25) is 14.9 Å². The molecule has 8 heteroatoms. The number of urea groups is 1. The first-order valence-corrected chi connectivity index (χ1v) is 17.2. The lowest BCUT2D eigenvalue weighted by atomic mass is 9.76. The van der Waals surface area contributed by atoms with E-state index in [-0.39, 0.29) is 24.0 Å². The number of hydrogen-bond donors (Lipinski definition) is 1. The summed E-state index contributed by atoms with van der Waals surface area (Å²) in [4.78, 5) is 44.9. The van der Waals surface area contributed by atoms with Gasteiger partial charge in [-0.25, -0.2) is 9.69 Å². The summed E-state index contributed by atoms with van der Waals surface area (Å²) in [7, 11) is 0. The third-order valence-corrected chi connectivity index (χ3v) is 10.1. The van der Waals surface area contributed by atoms with Gasteiger partial charge in [0.15, 0.2) is 0 Å². The summed E-state index contributed by atoms with van der Waals surface area (Å²) in [5.74, 6) is -0.891. The molecule has 7 nitrogen and oxygen atoms in total. The van der Waals surface area contributed by atoms with E-state index in [9.17, 15) is 14.4 Å². The second kappa shape index (κ2) is 13.3. The Morgan fingerprint density at radius 2 is 1.32 bits per heavy atom. The average molecular weight is 680 g/mol. The number of nitrogens with one attached hydrogen (secondary N) is 1. The Bertz CT molecular complexity index is 2060. The van der Waals surface area contributed by atoms with Crippen molar-refractivity contribution in [2.24, 2.45) is 0 Å². The Morgan fingerprint density at radius 3 is 1.92 bits per heavy atom. The highest BCUT2D eigenvalue weighted by molar-refractivity contribution is 6.39. The van der Waals surface area contributed by atoms with Crippen molar-refractivity contribution in [2.75, 3.05) is 22.9 Å². The summed E-state index contributed by atoms with van der Waals surface area (Å²) >= 11 is 6.38. The van der Waals surface area contributed by atoms with E-state index in [0.717, 1.165) is 47.5 Å². The number of amides is 4. The quantitative estimate of drug-likeness (QED) is 0.138. The minimum absolute atomic E-state index is 0.0750. The van der Waals surface area contributed by atoms with E-state index in [4.69, 9.17) is 16.3 Å². The van der Waals surface area contributed by atoms with Crippen LogP contribution in [0.2, 0.25) is 5.02 Å². The lowest BCUT2D eigenvalue weighted by Gasteiger charge is -2.44. The Morgan fingerprint density at radius 1 is 0.740 bits per heavy atom. The molecule has 5 aromatic carbocycles. The van der Waals surface area contributed by atoms with Crippen LogP contribution in [0.15, 0.2) is 127 Å². The molecule has 0 bridgehead atoms. The Labute approximate surface area is 295 Å². The van der Waals surface area contributed by atoms with E-state index in [1.54, 1.807) is 18.2 Å². The number of rotatable bonds is 7. The van der Waals surface area contributed by atoms with Crippen LogP contribution >= 0.6 is 11.6 Å². The second-order valence-corrected chi connectivity index (χ2v) is 13.3. The second-order valence-electron chi connectivity index (χ2n) is 12.9. The summed E-state index contributed by atoms with van der Waals surface area (Å²) in [6.45, 7) is 2.11. The SMILES string of the molecule is O=C1NC(=O)N(c2cc3c4c(c2)[C@H](c2ccccc2)CCN4CC[C@H]3c2ccccc2)C(=O)/C1=C/c1cc(Cl)ccc1OCc1ccccc1. The van der Waals surface area contributed by atoms with Crippen molar-refractivity contribution in [3.05, 3.63) is 165 Å². The lowest BCUT2D eigenvalue weighted by Crippen LogP contribution is -2.54. The maximum atomic E-state index is 14.4. The van der Waals surface area contributed by atoms with Gasteiger partial charge < -0.3 is 9.64 Å². The first-order valence-electron chi connectivity index (χ1n) is 16.8. The number of ether oxygens (including phenoxy) is 1. The number of anilines is 2. The van der Waals surface area contributed by atoms with Crippen LogP contribution in [0.1, 0.15) is 58.1 Å². The van der Waals surface area contributed by atoms with Crippen molar-refractivity contribution in [3.8, 4) is 5.75 Å². The summed E-state index contributed by atoms with van der Waals surface area (Å²) in [6, 6.07) is 38.6. The van der Waals surface area contributed by atoms with Crippen molar-refractivity contribution in [1.82, 2.24) is 5.32 Å². The van der Waals surface area contributed by atoms with Gasteiger partial charge in [0.05, 0.1) is 5.69 Å². The molecular formula is C42H34ClN3O4. The molecule has 248 valence electrons. The molecule has 0 radical (unpaired) electrons. The molecule has 3 aliphatic rings.